The Morgan fingerprint density at radius 3 is 2.55 bits per heavy atom. The zero-order chi connectivity index (χ0) is 14.9. The van der Waals surface area contributed by atoms with Crippen LogP contribution in [0.5, 0.6) is 0 Å². The van der Waals surface area contributed by atoms with Crippen molar-refractivity contribution in [3.63, 3.8) is 0 Å². The van der Waals surface area contributed by atoms with Gasteiger partial charge in [0.15, 0.2) is 9.84 Å². The molecule has 0 spiro atoms. The van der Waals surface area contributed by atoms with Crippen LogP contribution in [0.1, 0.15) is 11.1 Å². The van der Waals surface area contributed by atoms with Crippen molar-refractivity contribution < 1.29 is 12.8 Å². The molecule has 2 aromatic carbocycles. The van der Waals surface area contributed by atoms with Crippen molar-refractivity contribution in [3.8, 4) is 0 Å². The second-order valence-corrected chi connectivity index (χ2v) is 6.91. The maximum atomic E-state index is 13.3. The van der Waals surface area contributed by atoms with Crippen LogP contribution in [0.25, 0.3) is 0 Å². The lowest BCUT2D eigenvalue weighted by molar-refractivity contribution is 0.595. The molecule has 0 saturated heterocycles. The summed E-state index contributed by atoms with van der Waals surface area (Å²) >= 11 is 5.57. The van der Waals surface area contributed by atoms with Gasteiger partial charge in [0, 0.05) is 0 Å². The minimum absolute atomic E-state index is 0.0405. The highest BCUT2D eigenvalue weighted by atomic mass is 35.5. The van der Waals surface area contributed by atoms with Gasteiger partial charge in [0.05, 0.1) is 21.4 Å². The van der Waals surface area contributed by atoms with Crippen LogP contribution in [0.4, 0.5) is 10.1 Å². The molecule has 3 nitrogen and oxygen atoms in total. The Bertz CT molecular complexity index is 760. The summed E-state index contributed by atoms with van der Waals surface area (Å²) in [7, 11) is -3.63. The number of sulfone groups is 1. The summed E-state index contributed by atoms with van der Waals surface area (Å²) in [4.78, 5) is 0.0628. The van der Waals surface area contributed by atoms with Crippen molar-refractivity contribution in [2.45, 2.75) is 17.6 Å². The van der Waals surface area contributed by atoms with E-state index in [0.717, 1.165) is 11.6 Å². The number of anilines is 1. The smallest absolute Gasteiger partial charge is 0.184 e. The Labute approximate surface area is 122 Å². The molecule has 0 aromatic heterocycles. The number of nitrogens with two attached hydrogens (primary N) is 1. The molecular weight excluding hydrogens is 301 g/mol. The second-order valence-electron chi connectivity index (χ2n) is 4.55. The van der Waals surface area contributed by atoms with Crippen LogP contribution in [-0.4, -0.2) is 8.42 Å². The number of rotatable bonds is 3. The monoisotopic (exact) mass is 313 g/mol. The summed E-state index contributed by atoms with van der Waals surface area (Å²) in [6.45, 7) is 1.78. The molecule has 2 rings (SSSR count). The van der Waals surface area contributed by atoms with Gasteiger partial charge in [-0.05, 0) is 42.3 Å². The highest BCUT2D eigenvalue weighted by Gasteiger charge is 2.19. The van der Waals surface area contributed by atoms with E-state index in [-0.39, 0.29) is 21.4 Å². The fourth-order valence-electron chi connectivity index (χ4n) is 1.84. The first kappa shape index (κ1) is 14.8. The van der Waals surface area contributed by atoms with Crippen LogP contribution in [0, 0.1) is 12.7 Å². The van der Waals surface area contributed by atoms with Crippen LogP contribution in [0.3, 0.4) is 0 Å². The number of aryl methyl sites for hydroxylation is 1. The van der Waals surface area contributed by atoms with E-state index in [1.807, 2.05) is 0 Å². The third-order valence-electron chi connectivity index (χ3n) is 2.84. The van der Waals surface area contributed by atoms with Gasteiger partial charge in [-0.2, -0.15) is 0 Å². The van der Waals surface area contributed by atoms with Gasteiger partial charge in [0.1, 0.15) is 5.82 Å². The lowest BCUT2D eigenvalue weighted by atomic mass is 10.2. The average molecular weight is 314 g/mol. The zero-order valence-electron chi connectivity index (χ0n) is 10.7. The number of halogens is 2. The summed E-state index contributed by atoms with van der Waals surface area (Å²) < 4.78 is 38.0. The first-order valence-electron chi connectivity index (χ1n) is 5.82. The number of benzene rings is 2. The van der Waals surface area contributed by atoms with Crippen LogP contribution in [0.15, 0.2) is 41.3 Å². The van der Waals surface area contributed by atoms with Gasteiger partial charge in [-0.1, -0.05) is 23.7 Å². The Kier molecular flexibility index (Phi) is 4.01. The predicted molar refractivity (Wildman–Crippen MR) is 77.9 cm³/mol. The third kappa shape index (κ3) is 3.11. The van der Waals surface area contributed by atoms with Gasteiger partial charge in [-0.15, -0.1) is 0 Å². The molecule has 0 aliphatic rings. The summed E-state index contributed by atoms with van der Waals surface area (Å²) in [6.07, 6.45) is 0. The van der Waals surface area contributed by atoms with E-state index in [2.05, 4.69) is 0 Å². The van der Waals surface area contributed by atoms with E-state index >= 15 is 0 Å². The Morgan fingerprint density at radius 2 is 1.90 bits per heavy atom. The SMILES string of the molecule is Cc1ccc(N)c(S(=O)(=O)Cc2ccc(Cl)c(F)c2)c1. The minimum Gasteiger partial charge on any atom is -0.398 e. The first-order chi connectivity index (χ1) is 9.29. The zero-order valence-corrected chi connectivity index (χ0v) is 12.3. The van der Waals surface area contributed by atoms with Crippen LogP contribution < -0.4 is 5.73 Å². The molecule has 6 heteroatoms. The van der Waals surface area contributed by atoms with E-state index in [1.165, 1.54) is 18.2 Å². The second kappa shape index (κ2) is 5.42. The quantitative estimate of drug-likeness (QED) is 0.884. The van der Waals surface area contributed by atoms with Crippen LogP contribution in [0.2, 0.25) is 5.02 Å². The lowest BCUT2D eigenvalue weighted by Gasteiger charge is -2.09. The van der Waals surface area contributed by atoms with E-state index < -0.39 is 15.7 Å². The summed E-state index contributed by atoms with van der Waals surface area (Å²) in [5.41, 5.74) is 7.01. The minimum atomic E-state index is -3.63. The van der Waals surface area contributed by atoms with E-state index in [9.17, 15) is 12.8 Å². The number of nitrogen functional groups attached to an aromatic ring is 1. The van der Waals surface area contributed by atoms with Gasteiger partial charge in [0.2, 0.25) is 0 Å². The fourth-order valence-corrected chi connectivity index (χ4v) is 3.52. The molecule has 20 heavy (non-hydrogen) atoms. The molecule has 0 bridgehead atoms. The molecule has 2 aromatic rings. The molecule has 106 valence electrons. The van der Waals surface area contributed by atoms with Crippen molar-refractivity contribution in [2.75, 3.05) is 5.73 Å². The third-order valence-corrected chi connectivity index (χ3v) is 4.89. The molecule has 0 fully saturated rings. The van der Waals surface area contributed by atoms with Gasteiger partial charge in [0.25, 0.3) is 0 Å². The van der Waals surface area contributed by atoms with E-state index in [4.69, 9.17) is 17.3 Å². The van der Waals surface area contributed by atoms with Gasteiger partial charge in [-0.3, -0.25) is 0 Å². The average Bonchev–Trinajstić information content (AvgIpc) is 2.36. The molecule has 0 saturated carbocycles. The summed E-state index contributed by atoms with van der Waals surface area (Å²) in [5, 5.41) is -0.0405. The highest BCUT2D eigenvalue weighted by molar-refractivity contribution is 7.90. The summed E-state index contributed by atoms with van der Waals surface area (Å²) in [6, 6.07) is 8.72. The first-order valence-corrected chi connectivity index (χ1v) is 7.85. The molecule has 0 amide bonds. The summed E-state index contributed by atoms with van der Waals surface area (Å²) in [5.74, 6) is -0.967. The Balaban J connectivity index is 2.40. The highest BCUT2D eigenvalue weighted by Crippen LogP contribution is 2.25. The van der Waals surface area contributed by atoms with Crippen molar-refractivity contribution in [1.82, 2.24) is 0 Å². The van der Waals surface area contributed by atoms with E-state index in [1.54, 1.807) is 19.1 Å². The van der Waals surface area contributed by atoms with E-state index in [0.29, 0.717) is 5.56 Å². The molecule has 0 radical (unpaired) electrons. The fraction of sp³-hybridized carbons (Fsp3) is 0.143. The van der Waals surface area contributed by atoms with Crippen molar-refractivity contribution >= 4 is 27.1 Å². The predicted octanol–water partition coefficient (Wildman–Crippen LogP) is 3.34. The Hall–Kier alpha value is -1.59. The van der Waals surface area contributed by atoms with Gasteiger partial charge in [-0.25, -0.2) is 12.8 Å². The Morgan fingerprint density at radius 1 is 1.20 bits per heavy atom. The lowest BCUT2D eigenvalue weighted by Crippen LogP contribution is -2.08. The molecule has 0 aliphatic heterocycles. The van der Waals surface area contributed by atoms with Crippen molar-refractivity contribution in [1.29, 1.82) is 0 Å². The molecule has 0 aliphatic carbocycles. The largest absolute Gasteiger partial charge is 0.398 e. The standard InChI is InChI=1S/C14H13ClFNO2S/c1-9-2-5-13(17)14(6-9)20(18,19)8-10-3-4-11(15)12(16)7-10/h2-7H,8,17H2,1H3. The maximum absolute atomic E-state index is 13.3. The van der Waals surface area contributed by atoms with Crippen LogP contribution >= 0.6 is 11.6 Å². The topological polar surface area (TPSA) is 60.2 Å². The molecule has 2 N–H and O–H groups in total. The van der Waals surface area contributed by atoms with Gasteiger partial charge >= 0.3 is 0 Å². The molecular formula is C14H13ClFNO2S. The molecule has 0 atom stereocenters. The number of hydrogen-bond donors (Lipinski definition) is 1. The van der Waals surface area contributed by atoms with Crippen molar-refractivity contribution in [3.05, 3.63) is 58.4 Å². The molecule has 0 unspecified atom stereocenters. The maximum Gasteiger partial charge on any atom is 0.184 e. The van der Waals surface area contributed by atoms with Gasteiger partial charge < -0.3 is 5.73 Å². The molecule has 0 heterocycles. The number of hydrogen-bond acceptors (Lipinski definition) is 3. The van der Waals surface area contributed by atoms with Crippen LogP contribution in [-0.2, 0) is 15.6 Å². The normalized spacial score (nSPS) is 11.6. The van der Waals surface area contributed by atoms with Crippen molar-refractivity contribution in [2.24, 2.45) is 0 Å².